The predicted molar refractivity (Wildman–Crippen MR) is 65.1 cm³/mol. The van der Waals surface area contributed by atoms with Crippen molar-refractivity contribution in [3.8, 4) is 0 Å². The highest BCUT2D eigenvalue weighted by Crippen LogP contribution is 2.33. The van der Waals surface area contributed by atoms with E-state index in [2.05, 4.69) is 19.2 Å². The first-order valence-electron chi connectivity index (χ1n) is 6.51. The van der Waals surface area contributed by atoms with Gasteiger partial charge in [-0.1, -0.05) is 32.6 Å². The van der Waals surface area contributed by atoms with E-state index in [1.165, 1.54) is 38.6 Å². The maximum absolute atomic E-state index is 5.39. The van der Waals surface area contributed by atoms with E-state index in [4.69, 9.17) is 4.74 Å². The van der Waals surface area contributed by atoms with Gasteiger partial charge < -0.3 is 10.1 Å². The van der Waals surface area contributed by atoms with Crippen molar-refractivity contribution in [2.45, 2.75) is 52.1 Å². The molecule has 0 aromatic carbocycles. The van der Waals surface area contributed by atoms with Gasteiger partial charge in [-0.25, -0.2) is 0 Å². The van der Waals surface area contributed by atoms with Gasteiger partial charge in [0.2, 0.25) is 0 Å². The summed E-state index contributed by atoms with van der Waals surface area (Å²) in [5, 5.41) is 3.50. The topological polar surface area (TPSA) is 21.3 Å². The molecule has 1 fully saturated rings. The molecular formula is C13H27NO. The van der Waals surface area contributed by atoms with Gasteiger partial charge in [0.15, 0.2) is 0 Å². The van der Waals surface area contributed by atoms with Crippen molar-refractivity contribution in [1.82, 2.24) is 5.32 Å². The second-order valence-corrected chi connectivity index (χ2v) is 4.89. The molecule has 0 radical (unpaired) electrons. The van der Waals surface area contributed by atoms with Crippen LogP contribution in [-0.4, -0.2) is 26.3 Å². The molecule has 0 heterocycles. The fourth-order valence-corrected chi connectivity index (χ4v) is 2.72. The Hall–Kier alpha value is -0.0800. The van der Waals surface area contributed by atoms with Gasteiger partial charge in [-0.2, -0.15) is 0 Å². The molecule has 0 aromatic rings. The monoisotopic (exact) mass is 213 g/mol. The van der Waals surface area contributed by atoms with Gasteiger partial charge in [-0.3, -0.25) is 0 Å². The minimum Gasteiger partial charge on any atom is -0.382 e. The van der Waals surface area contributed by atoms with Crippen LogP contribution in [-0.2, 0) is 4.74 Å². The lowest BCUT2D eigenvalue weighted by molar-refractivity contribution is 0.0835. The van der Waals surface area contributed by atoms with Gasteiger partial charge in [-0.05, 0) is 38.3 Å². The van der Waals surface area contributed by atoms with Crippen molar-refractivity contribution in [3.63, 3.8) is 0 Å². The van der Waals surface area contributed by atoms with Gasteiger partial charge in [0.05, 0.1) is 6.10 Å². The summed E-state index contributed by atoms with van der Waals surface area (Å²) in [6, 6.07) is 0. The summed E-state index contributed by atoms with van der Waals surface area (Å²) in [6.07, 6.45) is 7.38. The highest BCUT2D eigenvalue weighted by molar-refractivity contribution is 4.78. The highest BCUT2D eigenvalue weighted by atomic mass is 16.5. The summed E-state index contributed by atoms with van der Waals surface area (Å²) in [7, 11) is 1.82. The second kappa shape index (κ2) is 7.24. The van der Waals surface area contributed by atoms with E-state index >= 15 is 0 Å². The molecule has 0 aliphatic heterocycles. The van der Waals surface area contributed by atoms with Crippen molar-refractivity contribution >= 4 is 0 Å². The van der Waals surface area contributed by atoms with Crippen LogP contribution in [0.4, 0.5) is 0 Å². The Morgan fingerprint density at radius 2 is 2.00 bits per heavy atom. The lowest BCUT2D eigenvalue weighted by atomic mass is 9.86. The van der Waals surface area contributed by atoms with Gasteiger partial charge >= 0.3 is 0 Å². The first-order valence-corrected chi connectivity index (χ1v) is 6.51. The number of methoxy groups -OCH3 is 1. The molecule has 2 unspecified atom stereocenters. The molecule has 2 nitrogen and oxygen atoms in total. The third kappa shape index (κ3) is 4.52. The van der Waals surface area contributed by atoms with E-state index < -0.39 is 0 Å². The van der Waals surface area contributed by atoms with E-state index in [-0.39, 0.29) is 0 Å². The van der Waals surface area contributed by atoms with Crippen LogP contribution in [0.2, 0.25) is 0 Å². The number of hydrogen-bond acceptors (Lipinski definition) is 2. The number of nitrogens with one attached hydrogen (secondary N) is 1. The SMILES string of the molecule is CCNCC(CC(C)OC)C1CCCC1. The molecule has 0 aromatic heterocycles. The minimum absolute atomic E-state index is 0.411. The first kappa shape index (κ1) is 13.0. The van der Waals surface area contributed by atoms with E-state index in [9.17, 15) is 0 Å². The summed E-state index contributed by atoms with van der Waals surface area (Å²) in [6.45, 7) is 6.64. The van der Waals surface area contributed by atoms with Crippen molar-refractivity contribution in [2.75, 3.05) is 20.2 Å². The zero-order chi connectivity index (χ0) is 11.1. The Morgan fingerprint density at radius 1 is 1.33 bits per heavy atom. The minimum atomic E-state index is 0.411. The van der Waals surface area contributed by atoms with Crippen molar-refractivity contribution in [1.29, 1.82) is 0 Å². The van der Waals surface area contributed by atoms with Crippen molar-refractivity contribution in [2.24, 2.45) is 11.8 Å². The van der Waals surface area contributed by atoms with Crippen LogP contribution in [0.5, 0.6) is 0 Å². The van der Waals surface area contributed by atoms with Crippen LogP contribution in [0, 0.1) is 11.8 Å². The number of rotatable bonds is 7. The average Bonchev–Trinajstić information content (AvgIpc) is 2.77. The van der Waals surface area contributed by atoms with Crippen LogP contribution in [0.15, 0.2) is 0 Å². The third-order valence-electron chi connectivity index (χ3n) is 3.76. The Balaban J connectivity index is 2.36. The molecule has 15 heavy (non-hydrogen) atoms. The van der Waals surface area contributed by atoms with Gasteiger partial charge in [0.1, 0.15) is 0 Å². The number of hydrogen-bond donors (Lipinski definition) is 1. The Kier molecular flexibility index (Phi) is 6.26. The van der Waals surface area contributed by atoms with Gasteiger partial charge in [-0.15, -0.1) is 0 Å². The molecule has 1 saturated carbocycles. The maximum atomic E-state index is 5.39. The fraction of sp³-hybridized carbons (Fsp3) is 1.00. The highest BCUT2D eigenvalue weighted by Gasteiger charge is 2.25. The molecule has 0 spiro atoms. The van der Waals surface area contributed by atoms with E-state index in [1.807, 2.05) is 7.11 Å². The first-order chi connectivity index (χ1) is 7.27. The van der Waals surface area contributed by atoms with E-state index in [0.717, 1.165) is 18.4 Å². The average molecular weight is 213 g/mol. The Bertz CT molecular complexity index is 155. The van der Waals surface area contributed by atoms with E-state index in [1.54, 1.807) is 0 Å². The molecule has 1 aliphatic carbocycles. The molecule has 0 bridgehead atoms. The normalized spacial score (nSPS) is 21.8. The van der Waals surface area contributed by atoms with Crippen LogP contribution in [0.1, 0.15) is 46.0 Å². The molecule has 90 valence electrons. The fourth-order valence-electron chi connectivity index (χ4n) is 2.72. The zero-order valence-corrected chi connectivity index (χ0v) is 10.6. The lowest BCUT2D eigenvalue weighted by Crippen LogP contribution is -2.30. The number of ether oxygens (including phenoxy) is 1. The van der Waals surface area contributed by atoms with Gasteiger partial charge in [0.25, 0.3) is 0 Å². The van der Waals surface area contributed by atoms with Crippen LogP contribution in [0.25, 0.3) is 0 Å². The summed E-state index contributed by atoms with van der Waals surface area (Å²) in [4.78, 5) is 0. The quantitative estimate of drug-likeness (QED) is 0.702. The third-order valence-corrected chi connectivity index (χ3v) is 3.76. The molecule has 2 atom stereocenters. The summed E-state index contributed by atoms with van der Waals surface area (Å²) < 4.78 is 5.39. The van der Waals surface area contributed by atoms with E-state index in [0.29, 0.717) is 6.10 Å². The molecule has 1 rings (SSSR count). The predicted octanol–water partition coefficient (Wildman–Crippen LogP) is 2.83. The molecule has 1 aliphatic rings. The molecule has 0 saturated heterocycles. The summed E-state index contributed by atoms with van der Waals surface area (Å²) >= 11 is 0. The summed E-state index contributed by atoms with van der Waals surface area (Å²) in [5.41, 5.74) is 0. The van der Waals surface area contributed by atoms with Crippen molar-refractivity contribution in [3.05, 3.63) is 0 Å². The second-order valence-electron chi connectivity index (χ2n) is 4.89. The Labute approximate surface area is 94.8 Å². The zero-order valence-electron chi connectivity index (χ0n) is 10.6. The van der Waals surface area contributed by atoms with Crippen LogP contribution in [0.3, 0.4) is 0 Å². The van der Waals surface area contributed by atoms with Crippen molar-refractivity contribution < 1.29 is 4.74 Å². The lowest BCUT2D eigenvalue weighted by Gasteiger charge is -2.26. The van der Waals surface area contributed by atoms with Gasteiger partial charge in [0, 0.05) is 7.11 Å². The van der Waals surface area contributed by atoms with Crippen LogP contribution < -0.4 is 5.32 Å². The molecule has 2 heteroatoms. The smallest absolute Gasteiger partial charge is 0.0546 e. The molecule has 0 amide bonds. The molecule has 1 N–H and O–H groups in total. The standard InChI is InChI=1S/C13H27NO/c1-4-14-10-13(9-11(2)15-3)12-7-5-6-8-12/h11-14H,4-10H2,1-3H3. The summed E-state index contributed by atoms with van der Waals surface area (Å²) in [5.74, 6) is 1.77. The Morgan fingerprint density at radius 3 is 2.53 bits per heavy atom. The van der Waals surface area contributed by atoms with Crippen LogP contribution >= 0.6 is 0 Å². The molecular weight excluding hydrogens is 186 g/mol. The largest absolute Gasteiger partial charge is 0.382 e. The maximum Gasteiger partial charge on any atom is 0.0546 e.